The number of nitrogens with zero attached hydrogens (tertiary/aromatic N) is 5. The minimum absolute atomic E-state index is 0.0829. The number of benzene rings is 2. The highest BCUT2D eigenvalue weighted by Crippen LogP contribution is 2.29. The van der Waals surface area contributed by atoms with E-state index in [1.54, 1.807) is 0 Å². The molecule has 0 radical (unpaired) electrons. The fraction of sp³-hybridized carbons (Fsp3) is 0.333. The Morgan fingerprint density at radius 3 is 2.25 bits per heavy atom. The molecule has 1 fully saturated rings. The molecule has 32 heavy (non-hydrogen) atoms. The molecule has 0 spiro atoms. The molecule has 0 bridgehead atoms. The van der Waals surface area contributed by atoms with Crippen LogP contribution in [0.15, 0.2) is 54.6 Å². The summed E-state index contributed by atoms with van der Waals surface area (Å²) in [5.41, 5.74) is 2.87. The molecule has 1 aromatic heterocycles. The first kappa shape index (κ1) is 21.5. The van der Waals surface area contributed by atoms with Crippen molar-refractivity contribution in [2.24, 2.45) is 0 Å². The monoisotopic (exact) mass is 431 g/mol. The standard InChI is InChI=1S/C24H25N5O3/c1-31-15-16-32-24(30)19(17-25)22-23(27-21-10-6-5-9-20(21)26-22)29-13-11-28(12-14-29)18-7-3-2-4-8-18/h2-10,19H,11-16H2,1H3/t19-/m0/s1. The van der Waals surface area contributed by atoms with E-state index in [1.807, 2.05) is 42.5 Å². The maximum atomic E-state index is 12.7. The Morgan fingerprint density at radius 2 is 1.59 bits per heavy atom. The zero-order valence-corrected chi connectivity index (χ0v) is 18.0. The average Bonchev–Trinajstić information content (AvgIpc) is 2.85. The van der Waals surface area contributed by atoms with Crippen LogP contribution in [0.1, 0.15) is 11.6 Å². The van der Waals surface area contributed by atoms with Gasteiger partial charge in [-0.25, -0.2) is 9.97 Å². The third kappa shape index (κ3) is 4.63. The second-order valence-corrected chi connectivity index (χ2v) is 7.45. The molecule has 1 aliphatic heterocycles. The number of carbonyl (C=O) groups excluding carboxylic acids is 1. The molecular formula is C24H25N5O3. The second-order valence-electron chi connectivity index (χ2n) is 7.45. The van der Waals surface area contributed by atoms with E-state index in [-0.39, 0.29) is 13.2 Å². The number of nitriles is 1. The summed E-state index contributed by atoms with van der Waals surface area (Å²) in [5, 5.41) is 9.82. The summed E-state index contributed by atoms with van der Waals surface area (Å²) in [4.78, 5) is 26.6. The summed E-state index contributed by atoms with van der Waals surface area (Å²) < 4.78 is 10.2. The van der Waals surface area contributed by atoms with Crippen LogP contribution in [0.25, 0.3) is 11.0 Å². The first-order valence-electron chi connectivity index (χ1n) is 10.6. The van der Waals surface area contributed by atoms with Gasteiger partial charge in [-0.1, -0.05) is 30.3 Å². The highest BCUT2D eigenvalue weighted by Gasteiger charge is 2.31. The van der Waals surface area contributed by atoms with Crippen LogP contribution >= 0.6 is 0 Å². The molecule has 1 atom stereocenters. The fourth-order valence-corrected chi connectivity index (χ4v) is 3.78. The molecule has 8 heteroatoms. The molecule has 164 valence electrons. The van der Waals surface area contributed by atoms with E-state index >= 15 is 0 Å². The van der Waals surface area contributed by atoms with Crippen molar-refractivity contribution in [1.82, 2.24) is 9.97 Å². The summed E-state index contributed by atoms with van der Waals surface area (Å²) in [6.45, 7) is 3.35. The van der Waals surface area contributed by atoms with Gasteiger partial charge in [-0.3, -0.25) is 4.79 Å². The number of carbonyl (C=O) groups is 1. The van der Waals surface area contributed by atoms with Crippen molar-refractivity contribution in [3.05, 3.63) is 60.3 Å². The van der Waals surface area contributed by atoms with Gasteiger partial charge in [0.1, 0.15) is 12.3 Å². The predicted octanol–water partition coefficient (Wildman–Crippen LogP) is 2.75. The van der Waals surface area contributed by atoms with Gasteiger partial charge in [0.2, 0.25) is 0 Å². The van der Waals surface area contributed by atoms with E-state index in [9.17, 15) is 10.1 Å². The van der Waals surface area contributed by atoms with E-state index in [2.05, 4.69) is 33.0 Å². The summed E-state index contributed by atoms with van der Waals surface area (Å²) in [6, 6.07) is 19.8. The largest absolute Gasteiger partial charge is 0.462 e. The van der Waals surface area contributed by atoms with Crippen LogP contribution in [0.3, 0.4) is 0 Å². The van der Waals surface area contributed by atoms with E-state index in [0.29, 0.717) is 30.1 Å². The molecule has 0 N–H and O–H groups in total. The first-order valence-corrected chi connectivity index (χ1v) is 10.6. The number of rotatable bonds is 7. The maximum Gasteiger partial charge on any atom is 0.329 e. The maximum absolute atomic E-state index is 12.7. The van der Waals surface area contributed by atoms with Crippen molar-refractivity contribution in [3.63, 3.8) is 0 Å². The highest BCUT2D eigenvalue weighted by molar-refractivity contribution is 5.85. The highest BCUT2D eigenvalue weighted by atomic mass is 16.6. The van der Waals surface area contributed by atoms with Crippen molar-refractivity contribution < 1.29 is 14.3 Å². The quantitative estimate of drug-likeness (QED) is 0.417. The van der Waals surface area contributed by atoms with Crippen LogP contribution < -0.4 is 9.80 Å². The number of hydrogen-bond acceptors (Lipinski definition) is 8. The molecular weight excluding hydrogens is 406 g/mol. The summed E-state index contributed by atoms with van der Waals surface area (Å²) >= 11 is 0. The van der Waals surface area contributed by atoms with Gasteiger partial charge in [-0.2, -0.15) is 5.26 Å². The minimum atomic E-state index is -1.16. The van der Waals surface area contributed by atoms with Gasteiger partial charge in [0, 0.05) is 39.0 Å². The Balaban J connectivity index is 1.63. The molecule has 1 aliphatic rings. The fourth-order valence-electron chi connectivity index (χ4n) is 3.78. The van der Waals surface area contributed by atoms with Crippen molar-refractivity contribution in [3.8, 4) is 6.07 Å². The van der Waals surface area contributed by atoms with E-state index in [0.717, 1.165) is 18.6 Å². The molecule has 2 aromatic carbocycles. The number of aromatic nitrogens is 2. The minimum Gasteiger partial charge on any atom is -0.462 e. The van der Waals surface area contributed by atoms with Gasteiger partial charge < -0.3 is 19.3 Å². The van der Waals surface area contributed by atoms with Crippen LogP contribution in [0.2, 0.25) is 0 Å². The predicted molar refractivity (Wildman–Crippen MR) is 122 cm³/mol. The summed E-state index contributed by atoms with van der Waals surface area (Å²) in [7, 11) is 1.53. The van der Waals surface area contributed by atoms with Crippen LogP contribution in [0, 0.1) is 11.3 Å². The lowest BCUT2D eigenvalue weighted by atomic mass is 10.1. The Kier molecular flexibility index (Phi) is 6.78. The normalized spacial score (nSPS) is 14.8. The Labute approximate surface area is 187 Å². The van der Waals surface area contributed by atoms with Gasteiger partial charge >= 0.3 is 5.97 Å². The smallest absolute Gasteiger partial charge is 0.329 e. The molecule has 1 saturated heterocycles. The van der Waals surface area contributed by atoms with Gasteiger partial charge in [0.25, 0.3) is 0 Å². The van der Waals surface area contributed by atoms with Crippen LogP contribution in [-0.2, 0) is 14.3 Å². The molecule has 0 unspecified atom stereocenters. The molecule has 2 heterocycles. The number of hydrogen-bond donors (Lipinski definition) is 0. The molecule has 8 nitrogen and oxygen atoms in total. The van der Waals surface area contributed by atoms with E-state index < -0.39 is 11.9 Å². The zero-order valence-electron chi connectivity index (χ0n) is 18.0. The topological polar surface area (TPSA) is 91.6 Å². The number of para-hydroxylation sites is 3. The Morgan fingerprint density at radius 1 is 0.969 bits per heavy atom. The van der Waals surface area contributed by atoms with Gasteiger partial charge in [-0.15, -0.1) is 0 Å². The molecule has 0 saturated carbocycles. The van der Waals surface area contributed by atoms with Crippen molar-refractivity contribution >= 4 is 28.5 Å². The Bertz CT molecular complexity index is 1110. The number of fused-ring (bicyclic) bond motifs is 1. The number of esters is 1. The van der Waals surface area contributed by atoms with Crippen molar-refractivity contribution in [2.45, 2.75) is 5.92 Å². The third-order valence-electron chi connectivity index (χ3n) is 5.45. The number of piperazine rings is 1. The lowest BCUT2D eigenvalue weighted by molar-refractivity contribution is -0.145. The van der Waals surface area contributed by atoms with E-state index in [1.165, 1.54) is 12.8 Å². The van der Waals surface area contributed by atoms with Gasteiger partial charge in [0.15, 0.2) is 11.7 Å². The lowest BCUT2D eigenvalue weighted by Crippen LogP contribution is -2.47. The number of anilines is 2. The van der Waals surface area contributed by atoms with E-state index in [4.69, 9.17) is 14.5 Å². The molecule has 4 rings (SSSR count). The lowest BCUT2D eigenvalue weighted by Gasteiger charge is -2.37. The van der Waals surface area contributed by atoms with Crippen molar-refractivity contribution in [1.29, 1.82) is 5.26 Å². The molecule has 0 aliphatic carbocycles. The summed E-state index contributed by atoms with van der Waals surface area (Å²) in [6.07, 6.45) is 0. The molecule has 0 amide bonds. The van der Waals surface area contributed by atoms with Crippen LogP contribution in [0.4, 0.5) is 11.5 Å². The average molecular weight is 431 g/mol. The molecule has 3 aromatic rings. The summed E-state index contributed by atoms with van der Waals surface area (Å²) in [5.74, 6) is -1.24. The number of methoxy groups -OCH3 is 1. The van der Waals surface area contributed by atoms with Gasteiger partial charge in [-0.05, 0) is 24.3 Å². The van der Waals surface area contributed by atoms with Crippen LogP contribution in [-0.4, -0.2) is 62.4 Å². The van der Waals surface area contributed by atoms with Crippen molar-refractivity contribution in [2.75, 3.05) is 56.3 Å². The second kappa shape index (κ2) is 10.1. The third-order valence-corrected chi connectivity index (χ3v) is 5.45. The Hall–Kier alpha value is -3.70. The first-order chi connectivity index (χ1) is 15.7. The van der Waals surface area contributed by atoms with Gasteiger partial charge in [0.05, 0.1) is 23.7 Å². The zero-order chi connectivity index (χ0) is 22.3. The SMILES string of the molecule is COCCOC(=O)[C@@H](C#N)c1nc2ccccc2nc1N1CCN(c2ccccc2)CC1. The van der Waals surface area contributed by atoms with Crippen LogP contribution in [0.5, 0.6) is 0 Å². The number of ether oxygens (including phenoxy) is 2.